The molecule has 6 heteroatoms. The van der Waals surface area contributed by atoms with E-state index in [4.69, 9.17) is 11.6 Å². The number of likely N-dealkylation sites (tertiary alicyclic amines) is 1. The molecule has 0 radical (unpaired) electrons. The zero-order chi connectivity index (χ0) is 18.7. The summed E-state index contributed by atoms with van der Waals surface area (Å²) in [5.74, 6) is -0.295. The summed E-state index contributed by atoms with van der Waals surface area (Å²) in [6, 6.07) is 12.5. The molecule has 1 N–H and O–H groups in total. The summed E-state index contributed by atoms with van der Waals surface area (Å²) in [4.78, 5) is 16.2. The van der Waals surface area contributed by atoms with Gasteiger partial charge in [-0.15, -0.1) is 0 Å². The first-order valence-corrected chi connectivity index (χ1v) is 9.10. The molecular weight excluding hydrogens is 353 g/mol. The molecule has 2 amide bonds. The number of carbonyl (C=O) groups is 1. The van der Waals surface area contributed by atoms with Gasteiger partial charge in [-0.25, -0.2) is 9.18 Å². The van der Waals surface area contributed by atoms with Crippen LogP contribution in [0.2, 0.25) is 5.02 Å². The number of anilines is 1. The van der Waals surface area contributed by atoms with Crippen molar-refractivity contribution in [2.45, 2.75) is 25.4 Å². The summed E-state index contributed by atoms with van der Waals surface area (Å²) in [6.07, 6.45) is 1.83. The summed E-state index contributed by atoms with van der Waals surface area (Å²) in [7, 11) is 3.59. The molecule has 1 heterocycles. The summed E-state index contributed by atoms with van der Waals surface area (Å²) >= 11 is 6.30. The molecule has 1 saturated heterocycles. The van der Waals surface area contributed by atoms with Gasteiger partial charge in [-0.3, -0.25) is 0 Å². The van der Waals surface area contributed by atoms with Crippen LogP contribution in [0.5, 0.6) is 0 Å². The van der Waals surface area contributed by atoms with Gasteiger partial charge in [0.25, 0.3) is 0 Å². The van der Waals surface area contributed by atoms with Crippen molar-refractivity contribution in [2.24, 2.45) is 0 Å². The van der Waals surface area contributed by atoms with Crippen molar-refractivity contribution in [3.8, 4) is 0 Å². The molecule has 3 rings (SSSR count). The van der Waals surface area contributed by atoms with Crippen molar-refractivity contribution in [1.29, 1.82) is 0 Å². The van der Waals surface area contributed by atoms with E-state index >= 15 is 0 Å². The molecular formula is C20H23ClFN3O. The molecule has 1 aliphatic rings. The highest BCUT2D eigenvalue weighted by molar-refractivity contribution is 6.31. The van der Waals surface area contributed by atoms with Crippen LogP contribution in [-0.2, 0) is 6.54 Å². The largest absolute Gasteiger partial charge is 0.375 e. The fourth-order valence-corrected chi connectivity index (χ4v) is 3.64. The van der Waals surface area contributed by atoms with E-state index in [1.807, 2.05) is 35.2 Å². The van der Waals surface area contributed by atoms with Crippen LogP contribution in [0.15, 0.2) is 42.5 Å². The number of amides is 2. The maximum absolute atomic E-state index is 14.1. The Kier molecular flexibility index (Phi) is 5.67. The number of urea groups is 1. The van der Waals surface area contributed by atoms with Crippen LogP contribution < -0.4 is 10.2 Å². The van der Waals surface area contributed by atoms with E-state index in [0.29, 0.717) is 17.3 Å². The summed E-state index contributed by atoms with van der Waals surface area (Å²) in [5.41, 5.74) is 2.23. The molecule has 4 nitrogen and oxygen atoms in total. The van der Waals surface area contributed by atoms with E-state index in [2.05, 4.69) is 5.32 Å². The van der Waals surface area contributed by atoms with Gasteiger partial charge in [-0.1, -0.05) is 35.9 Å². The number of halogens is 2. The lowest BCUT2D eigenvalue weighted by molar-refractivity contribution is 0.192. The molecule has 138 valence electrons. The number of nitrogens with one attached hydrogen (secondary N) is 1. The SMILES string of the molecule is CN(C)c1ccc(CNC(=O)N2CCC[C@@H]2c2ccccc2Cl)cc1F. The number of benzene rings is 2. The minimum absolute atomic E-state index is 0.0171. The van der Waals surface area contributed by atoms with E-state index in [9.17, 15) is 9.18 Å². The molecule has 2 aromatic carbocycles. The predicted molar refractivity (Wildman–Crippen MR) is 103 cm³/mol. The van der Waals surface area contributed by atoms with Gasteiger partial charge in [0.1, 0.15) is 5.82 Å². The van der Waals surface area contributed by atoms with Gasteiger partial charge in [0.15, 0.2) is 0 Å². The first-order valence-electron chi connectivity index (χ1n) is 8.72. The third kappa shape index (κ3) is 3.93. The Morgan fingerprint density at radius 3 is 2.77 bits per heavy atom. The minimum Gasteiger partial charge on any atom is -0.375 e. The highest BCUT2D eigenvalue weighted by atomic mass is 35.5. The second-order valence-electron chi connectivity index (χ2n) is 6.71. The van der Waals surface area contributed by atoms with Crippen molar-refractivity contribution in [2.75, 3.05) is 25.5 Å². The first kappa shape index (κ1) is 18.5. The average Bonchev–Trinajstić information content (AvgIpc) is 3.09. The lowest BCUT2D eigenvalue weighted by Gasteiger charge is -2.26. The number of hydrogen-bond acceptors (Lipinski definition) is 2. The van der Waals surface area contributed by atoms with Crippen LogP contribution in [0.4, 0.5) is 14.9 Å². The van der Waals surface area contributed by atoms with Gasteiger partial charge in [-0.2, -0.15) is 0 Å². The maximum Gasteiger partial charge on any atom is 0.318 e. The summed E-state index contributed by atoms with van der Waals surface area (Å²) in [6.45, 7) is 0.977. The van der Waals surface area contributed by atoms with Gasteiger partial charge in [0, 0.05) is 32.2 Å². The molecule has 0 aliphatic carbocycles. The fourth-order valence-electron chi connectivity index (χ4n) is 3.38. The van der Waals surface area contributed by atoms with Gasteiger partial charge in [-0.05, 0) is 42.2 Å². The predicted octanol–water partition coefficient (Wildman–Crippen LogP) is 4.59. The standard InChI is InChI=1S/C20H23ClFN3O/c1-24(2)19-10-9-14(12-17(19)22)13-23-20(26)25-11-5-8-18(25)15-6-3-4-7-16(15)21/h3-4,6-7,9-10,12,18H,5,8,11,13H2,1-2H3,(H,23,26)/t18-/m1/s1. The zero-order valence-electron chi connectivity index (χ0n) is 15.0. The molecule has 26 heavy (non-hydrogen) atoms. The van der Waals surface area contributed by atoms with Crippen molar-refractivity contribution < 1.29 is 9.18 Å². The van der Waals surface area contributed by atoms with Gasteiger partial charge in [0.05, 0.1) is 11.7 Å². The van der Waals surface area contributed by atoms with Crippen molar-refractivity contribution in [3.05, 3.63) is 64.4 Å². The number of rotatable bonds is 4. The monoisotopic (exact) mass is 375 g/mol. The first-order chi connectivity index (χ1) is 12.5. The van der Waals surface area contributed by atoms with E-state index in [1.165, 1.54) is 6.07 Å². The molecule has 0 spiro atoms. The Balaban J connectivity index is 1.66. The highest BCUT2D eigenvalue weighted by Gasteiger charge is 2.30. The Morgan fingerprint density at radius 1 is 1.31 bits per heavy atom. The lowest BCUT2D eigenvalue weighted by atomic mass is 10.0. The number of nitrogens with zero attached hydrogens (tertiary/aromatic N) is 2. The second-order valence-corrected chi connectivity index (χ2v) is 7.12. The van der Waals surface area contributed by atoms with Gasteiger partial charge in [0.2, 0.25) is 0 Å². The van der Waals surface area contributed by atoms with Gasteiger partial charge >= 0.3 is 6.03 Å². The maximum atomic E-state index is 14.1. The Labute approximate surface area is 158 Å². The minimum atomic E-state index is -0.295. The Hall–Kier alpha value is -2.27. The Bertz CT molecular complexity index is 796. The fraction of sp³-hybridized carbons (Fsp3) is 0.350. The van der Waals surface area contributed by atoms with E-state index in [1.54, 1.807) is 25.1 Å². The smallest absolute Gasteiger partial charge is 0.318 e. The third-order valence-electron chi connectivity index (χ3n) is 4.72. The van der Waals surface area contributed by atoms with Crippen molar-refractivity contribution in [1.82, 2.24) is 10.2 Å². The van der Waals surface area contributed by atoms with E-state index < -0.39 is 0 Å². The summed E-state index contributed by atoms with van der Waals surface area (Å²) < 4.78 is 14.1. The molecule has 1 aliphatic heterocycles. The van der Waals surface area contributed by atoms with Crippen LogP contribution >= 0.6 is 11.6 Å². The van der Waals surface area contributed by atoms with E-state index in [-0.39, 0.29) is 24.4 Å². The third-order valence-corrected chi connectivity index (χ3v) is 5.06. The number of hydrogen-bond donors (Lipinski definition) is 1. The zero-order valence-corrected chi connectivity index (χ0v) is 15.8. The van der Waals surface area contributed by atoms with Gasteiger partial charge < -0.3 is 15.1 Å². The van der Waals surface area contributed by atoms with Crippen LogP contribution in [0.1, 0.15) is 30.0 Å². The summed E-state index contributed by atoms with van der Waals surface area (Å²) in [5, 5.41) is 3.58. The quantitative estimate of drug-likeness (QED) is 0.848. The molecule has 0 unspecified atom stereocenters. The average molecular weight is 376 g/mol. The highest BCUT2D eigenvalue weighted by Crippen LogP contribution is 2.35. The molecule has 0 bridgehead atoms. The van der Waals surface area contributed by atoms with Crippen molar-refractivity contribution in [3.63, 3.8) is 0 Å². The molecule has 2 aromatic rings. The number of carbonyl (C=O) groups excluding carboxylic acids is 1. The van der Waals surface area contributed by atoms with Crippen LogP contribution in [0, 0.1) is 5.82 Å². The lowest BCUT2D eigenvalue weighted by Crippen LogP contribution is -2.39. The Morgan fingerprint density at radius 2 is 2.08 bits per heavy atom. The van der Waals surface area contributed by atoms with Crippen LogP contribution in [0.25, 0.3) is 0 Å². The van der Waals surface area contributed by atoms with Crippen LogP contribution in [-0.4, -0.2) is 31.6 Å². The van der Waals surface area contributed by atoms with Crippen molar-refractivity contribution >= 4 is 23.3 Å². The van der Waals surface area contributed by atoms with E-state index in [0.717, 1.165) is 24.0 Å². The molecule has 1 fully saturated rings. The molecule has 1 atom stereocenters. The normalized spacial score (nSPS) is 16.6. The topological polar surface area (TPSA) is 35.6 Å². The molecule has 0 aromatic heterocycles. The second kappa shape index (κ2) is 7.96. The van der Waals surface area contributed by atoms with Crippen LogP contribution in [0.3, 0.4) is 0 Å². The molecule has 0 saturated carbocycles.